The van der Waals surface area contributed by atoms with E-state index in [2.05, 4.69) is 5.04 Å². The van der Waals surface area contributed by atoms with Crippen LogP contribution in [0.5, 0.6) is 0 Å². The molecule has 0 amide bonds. The van der Waals surface area contributed by atoms with E-state index in [1.54, 1.807) is 0 Å². The Kier molecular flexibility index (Phi) is 2.45. The van der Waals surface area contributed by atoms with Crippen LogP contribution in [0.1, 0.15) is 26.7 Å². The van der Waals surface area contributed by atoms with Crippen molar-refractivity contribution < 1.29 is 14.8 Å². The van der Waals surface area contributed by atoms with E-state index in [1.807, 2.05) is 13.8 Å². The van der Waals surface area contributed by atoms with Crippen molar-refractivity contribution in [2.24, 2.45) is 0 Å². The van der Waals surface area contributed by atoms with Gasteiger partial charge in [0, 0.05) is 0 Å². The molecule has 0 unspecified atom stereocenters. The fourth-order valence-corrected chi connectivity index (χ4v) is 0.909. The third-order valence-electron chi connectivity index (χ3n) is 1.55. The summed E-state index contributed by atoms with van der Waals surface area (Å²) in [7, 11) is 0. The van der Waals surface area contributed by atoms with Crippen molar-refractivity contribution in [1.29, 1.82) is 0 Å². The summed E-state index contributed by atoms with van der Waals surface area (Å²) in [4.78, 5) is 9.57. The van der Waals surface area contributed by atoms with Crippen molar-refractivity contribution in [3.8, 4) is 0 Å². The van der Waals surface area contributed by atoms with Crippen LogP contribution >= 0.6 is 0 Å². The fraction of sp³-hybridized carbons (Fsp3) is 1.00. The van der Waals surface area contributed by atoms with Crippen LogP contribution in [0.15, 0.2) is 0 Å². The zero-order chi connectivity index (χ0) is 6.69. The van der Waals surface area contributed by atoms with E-state index in [-0.39, 0.29) is 12.2 Å². The lowest BCUT2D eigenvalue weighted by Crippen LogP contribution is -2.20. The zero-order valence-corrected chi connectivity index (χ0v) is 5.79. The Morgan fingerprint density at radius 2 is 1.44 bits per heavy atom. The third kappa shape index (κ3) is 1.41. The topological polar surface area (TPSA) is 27.7 Å². The lowest BCUT2D eigenvalue weighted by Gasteiger charge is -2.06. The van der Waals surface area contributed by atoms with Gasteiger partial charge in [-0.3, -0.25) is 0 Å². The summed E-state index contributed by atoms with van der Waals surface area (Å²) >= 11 is 0. The van der Waals surface area contributed by atoms with E-state index in [0.29, 0.717) is 0 Å². The highest BCUT2D eigenvalue weighted by Crippen LogP contribution is 2.18. The predicted octanol–water partition coefficient (Wildman–Crippen LogP) is 1.44. The van der Waals surface area contributed by atoms with Gasteiger partial charge in [0.05, 0.1) is 0 Å². The maximum atomic E-state index is 4.78. The molecule has 1 heterocycles. The third-order valence-corrected chi connectivity index (χ3v) is 1.55. The van der Waals surface area contributed by atoms with E-state index in [9.17, 15) is 0 Å². The van der Waals surface area contributed by atoms with Crippen LogP contribution in [0.25, 0.3) is 0 Å². The molecule has 0 aliphatic carbocycles. The Bertz CT molecular complexity index is 74.4. The highest BCUT2D eigenvalue weighted by molar-refractivity contribution is 4.66. The molecule has 3 nitrogen and oxygen atoms in total. The summed E-state index contributed by atoms with van der Waals surface area (Å²) < 4.78 is 0. The maximum absolute atomic E-state index is 4.78. The highest BCUT2D eigenvalue weighted by Gasteiger charge is 2.28. The molecule has 0 saturated carbocycles. The van der Waals surface area contributed by atoms with Gasteiger partial charge in [0.2, 0.25) is 0 Å². The monoisotopic (exact) mass is 132 g/mol. The standard InChI is InChI=1S/C6H12O3/c1-3-5-6(4-2)8-9-7-5/h5-6H,3-4H2,1-2H3/t5-,6-/m0/s1. The molecule has 0 aromatic carbocycles. The zero-order valence-electron chi connectivity index (χ0n) is 5.79. The first kappa shape index (κ1) is 6.99. The molecule has 9 heavy (non-hydrogen) atoms. The van der Waals surface area contributed by atoms with Crippen LogP contribution in [0.2, 0.25) is 0 Å². The van der Waals surface area contributed by atoms with Gasteiger partial charge < -0.3 is 0 Å². The molecule has 1 aliphatic rings. The molecule has 0 radical (unpaired) electrons. The van der Waals surface area contributed by atoms with Gasteiger partial charge in [-0.1, -0.05) is 18.9 Å². The Labute approximate surface area is 54.8 Å². The van der Waals surface area contributed by atoms with Crippen LogP contribution in [0, 0.1) is 0 Å². The van der Waals surface area contributed by atoms with Gasteiger partial charge in [-0.2, -0.15) is 9.78 Å². The van der Waals surface area contributed by atoms with Gasteiger partial charge in [0.25, 0.3) is 0 Å². The van der Waals surface area contributed by atoms with E-state index in [0.717, 1.165) is 12.8 Å². The van der Waals surface area contributed by atoms with Crippen molar-refractivity contribution >= 4 is 0 Å². The van der Waals surface area contributed by atoms with Crippen LogP contribution < -0.4 is 0 Å². The molecule has 1 saturated heterocycles. The Morgan fingerprint density at radius 1 is 1.00 bits per heavy atom. The SMILES string of the molecule is CC[C@@H]1OOO[C@H]1CC. The first-order valence-corrected chi connectivity index (χ1v) is 3.37. The van der Waals surface area contributed by atoms with Gasteiger partial charge in [-0.25, -0.2) is 0 Å². The highest BCUT2D eigenvalue weighted by atomic mass is 17.5. The molecular formula is C6H12O3. The number of rotatable bonds is 2. The lowest BCUT2D eigenvalue weighted by atomic mass is 10.1. The van der Waals surface area contributed by atoms with E-state index < -0.39 is 0 Å². The molecule has 1 fully saturated rings. The summed E-state index contributed by atoms with van der Waals surface area (Å²) in [6, 6.07) is 0. The first-order valence-electron chi connectivity index (χ1n) is 3.37. The molecule has 3 heteroatoms. The van der Waals surface area contributed by atoms with E-state index in [4.69, 9.17) is 9.78 Å². The van der Waals surface area contributed by atoms with E-state index >= 15 is 0 Å². The van der Waals surface area contributed by atoms with Crippen LogP contribution in [0.4, 0.5) is 0 Å². The normalized spacial score (nSPS) is 35.3. The lowest BCUT2D eigenvalue weighted by molar-refractivity contribution is -0.466. The minimum atomic E-state index is 0.134. The van der Waals surface area contributed by atoms with Crippen LogP contribution in [-0.4, -0.2) is 12.2 Å². The molecule has 54 valence electrons. The Hall–Kier alpha value is -0.120. The molecule has 0 aromatic heterocycles. The van der Waals surface area contributed by atoms with Crippen molar-refractivity contribution in [3.63, 3.8) is 0 Å². The molecule has 0 spiro atoms. The van der Waals surface area contributed by atoms with Gasteiger partial charge >= 0.3 is 0 Å². The molecule has 0 N–H and O–H groups in total. The van der Waals surface area contributed by atoms with Gasteiger partial charge in [0.1, 0.15) is 12.2 Å². The number of hydrogen-bond donors (Lipinski definition) is 0. The fourth-order valence-electron chi connectivity index (χ4n) is 0.909. The molecule has 2 atom stereocenters. The average molecular weight is 132 g/mol. The maximum Gasteiger partial charge on any atom is 0.125 e. The number of hydrogen-bond acceptors (Lipinski definition) is 3. The summed E-state index contributed by atoms with van der Waals surface area (Å²) in [5, 5.41) is 4.35. The Morgan fingerprint density at radius 3 is 1.78 bits per heavy atom. The van der Waals surface area contributed by atoms with Crippen molar-refractivity contribution in [2.45, 2.75) is 38.9 Å². The van der Waals surface area contributed by atoms with Crippen LogP contribution in [0.3, 0.4) is 0 Å². The summed E-state index contributed by atoms with van der Waals surface area (Å²) in [5.41, 5.74) is 0. The predicted molar refractivity (Wildman–Crippen MR) is 31.4 cm³/mol. The largest absolute Gasteiger partial charge is 0.200 e. The molecule has 0 bridgehead atoms. The van der Waals surface area contributed by atoms with Gasteiger partial charge in [0.15, 0.2) is 0 Å². The van der Waals surface area contributed by atoms with Crippen molar-refractivity contribution in [3.05, 3.63) is 0 Å². The summed E-state index contributed by atoms with van der Waals surface area (Å²) in [6.45, 7) is 4.09. The van der Waals surface area contributed by atoms with E-state index in [1.165, 1.54) is 0 Å². The molecule has 0 aromatic rings. The van der Waals surface area contributed by atoms with Crippen molar-refractivity contribution in [1.82, 2.24) is 0 Å². The molecule has 1 rings (SSSR count). The average Bonchev–Trinajstić information content (AvgIpc) is 2.33. The smallest absolute Gasteiger partial charge is 0.125 e. The minimum Gasteiger partial charge on any atom is -0.200 e. The Balaban J connectivity index is 2.32. The van der Waals surface area contributed by atoms with Crippen molar-refractivity contribution in [2.75, 3.05) is 0 Å². The second-order valence-electron chi connectivity index (χ2n) is 2.15. The quantitative estimate of drug-likeness (QED) is 0.532. The second-order valence-corrected chi connectivity index (χ2v) is 2.15. The van der Waals surface area contributed by atoms with Gasteiger partial charge in [-0.05, 0) is 12.8 Å². The summed E-state index contributed by atoms with van der Waals surface area (Å²) in [5.74, 6) is 0. The summed E-state index contributed by atoms with van der Waals surface area (Å²) in [6.07, 6.45) is 2.15. The molecule has 1 aliphatic heterocycles. The van der Waals surface area contributed by atoms with Crippen LogP contribution in [-0.2, 0) is 14.8 Å². The minimum absolute atomic E-state index is 0.134. The van der Waals surface area contributed by atoms with Gasteiger partial charge in [-0.15, -0.1) is 0 Å². The second kappa shape index (κ2) is 3.15. The first-order chi connectivity index (χ1) is 4.38. The molecular weight excluding hydrogens is 120 g/mol.